The van der Waals surface area contributed by atoms with Gasteiger partial charge in [-0.1, -0.05) is 20.4 Å². The first-order valence-electron chi connectivity index (χ1n) is 4.86. The van der Waals surface area contributed by atoms with Crippen molar-refractivity contribution in [2.45, 2.75) is 25.4 Å². The van der Waals surface area contributed by atoms with Crippen molar-refractivity contribution >= 4 is 12.2 Å². The zero-order valence-electron chi connectivity index (χ0n) is 9.67. The van der Waals surface area contributed by atoms with Crippen LogP contribution in [0, 0.1) is 0 Å². The molecule has 0 aliphatic rings. The summed E-state index contributed by atoms with van der Waals surface area (Å²) in [6.45, 7) is 7.19. The second kappa shape index (κ2) is 4.49. The Morgan fingerprint density at radius 3 is 2.75 bits per heavy atom. The number of carboxylic acid groups (broad SMARTS) is 1. The van der Waals surface area contributed by atoms with E-state index in [2.05, 4.69) is 11.7 Å². The Morgan fingerprint density at radius 1 is 1.75 bits per heavy atom. The van der Waals surface area contributed by atoms with Gasteiger partial charge in [-0.15, -0.1) is 0 Å². The number of methoxy groups -OCH3 is 1. The molecular formula is C11H16N2O3. The number of aromatic nitrogens is 2. The molecule has 1 atom stereocenters. The molecule has 5 heteroatoms. The Kier molecular flexibility index (Phi) is 3.49. The molecule has 0 aliphatic carbocycles. The molecule has 1 aromatic heterocycles. The number of hydrogen-bond donors (Lipinski definition) is 1. The van der Waals surface area contributed by atoms with Crippen LogP contribution in [-0.4, -0.2) is 34.1 Å². The highest BCUT2D eigenvalue weighted by molar-refractivity contribution is 5.74. The van der Waals surface area contributed by atoms with Crippen molar-refractivity contribution in [1.29, 1.82) is 0 Å². The summed E-state index contributed by atoms with van der Waals surface area (Å²) in [5, 5.41) is 13.1. The standard InChI is InChI=1S/C11H16N2O3/c1-5-13-7-8(6-12-13)11(2,3)9(16-4)10(14)15/h5-7,9H,1H2,2-4H3,(H,14,15). The minimum atomic E-state index is -0.987. The van der Waals surface area contributed by atoms with E-state index < -0.39 is 17.5 Å². The maximum atomic E-state index is 11.1. The van der Waals surface area contributed by atoms with Crippen LogP contribution in [0.15, 0.2) is 19.0 Å². The molecule has 16 heavy (non-hydrogen) atoms. The third-order valence-corrected chi connectivity index (χ3v) is 2.65. The second-order valence-corrected chi connectivity index (χ2v) is 4.07. The Morgan fingerprint density at radius 2 is 2.38 bits per heavy atom. The molecule has 0 fully saturated rings. The molecule has 0 saturated heterocycles. The molecule has 1 aromatic rings. The number of carboxylic acids is 1. The molecule has 0 bridgehead atoms. The van der Waals surface area contributed by atoms with Gasteiger partial charge in [0.1, 0.15) is 0 Å². The summed E-state index contributed by atoms with van der Waals surface area (Å²) < 4.78 is 6.54. The van der Waals surface area contributed by atoms with E-state index in [9.17, 15) is 4.79 Å². The predicted molar refractivity (Wildman–Crippen MR) is 60.1 cm³/mol. The largest absolute Gasteiger partial charge is 0.479 e. The Hall–Kier alpha value is -1.62. The summed E-state index contributed by atoms with van der Waals surface area (Å²) in [4.78, 5) is 11.1. The van der Waals surface area contributed by atoms with Crippen LogP contribution in [-0.2, 0) is 14.9 Å². The predicted octanol–water partition coefficient (Wildman–Crippen LogP) is 1.36. The molecule has 5 nitrogen and oxygen atoms in total. The highest BCUT2D eigenvalue weighted by atomic mass is 16.5. The molecule has 1 unspecified atom stereocenters. The quantitative estimate of drug-likeness (QED) is 0.820. The van der Waals surface area contributed by atoms with Crippen molar-refractivity contribution < 1.29 is 14.6 Å². The van der Waals surface area contributed by atoms with Gasteiger partial charge in [0.2, 0.25) is 0 Å². The number of carbonyl (C=O) groups is 1. The summed E-state index contributed by atoms with van der Waals surface area (Å²) in [6, 6.07) is 0. The molecule has 0 aliphatic heterocycles. The summed E-state index contributed by atoms with van der Waals surface area (Å²) in [6.07, 6.45) is 4.00. The van der Waals surface area contributed by atoms with Gasteiger partial charge >= 0.3 is 5.97 Å². The van der Waals surface area contributed by atoms with Gasteiger partial charge in [-0.2, -0.15) is 5.10 Å². The van der Waals surface area contributed by atoms with Crippen LogP contribution in [0.1, 0.15) is 19.4 Å². The first-order valence-corrected chi connectivity index (χ1v) is 4.86. The van der Waals surface area contributed by atoms with E-state index in [0.717, 1.165) is 5.56 Å². The van der Waals surface area contributed by atoms with E-state index in [0.29, 0.717) is 0 Å². The number of ether oxygens (including phenoxy) is 1. The molecule has 88 valence electrons. The lowest BCUT2D eigenvalue weighted by atomic mass is 9.81. The molecule has 1 N–H and O–H groups in total. The minimum absolute atomic E-state index is 0.651. The monoisotopic (exact) mass is 224 g/mol. The van der Waals surface area contributed by atoms with Gasteiger partial charge in [0.25, 0.3) is 0 Å². The van der Waals surface area contributed by atoms with Gasteiger partial charge < -0.3 is 9.84 Å². The molecule has 1 rings (SSSR count). The Bertz CT molecular complexity index is 396. The lowest BCUT2D eigenvalue weighted by molar-refractivity contribution is -0.152. The normalized spacial score (nSPS) is 13.4. The van der Waals surface area contributed by atoms with E-state index in [1.165, 1.54) is 11.8 Å². The van der Waals surface area contributed by atoms with Gasteiger partial charge in [-0.05, 0) is 5.56 Å². The highest BCUT2D eigenvalue weighted by Crippen LogP contribution is 2.28. The second-order valence-electron chi connectivity index (χ2n) is 4.07. The lowest BCUT2D eigenvalue weighted by Gasteiger charge is -2.29. The molecule has 0 radical (unpaired) electrons. The summed E-state index contributed by atoms with van der Waals surface area (Å²) in [7, 11) is 1.39. The van der Waals surface area contributed by atoms with Crippen molar-refractivity contribution in [2.75, 3.05) is 7.11 Å². The lowest BCUT2D eigenvalue weighted by Crippen LogP contribution is -2.41. The minimum Gasteiger partial charge on any atom is -0.479 e. The van der Waals surface area contributed by atoms with E-state index in [1.807, 2.05) is 0 Å². The first kappa shape index (κ1) is 12.4. The molecule has 0 saturated carbocycles. The smallest absolute Gasteiger partial charge is 0.333 e. The Labute approximate surface area is 94.3 Å². The van der Waals surface area contributed by atoms with E-state index in [-0.39, 0.29) is 0 Å². The third-order valence-electron chi connectivity index (χ3n) is 2.65. The fourth-order valence-corrected chi connectivity index (χ4v) is 1.63. The van der Waals surface area contributed by atoms with Gasteiger partial charge in [0.15, 0.2) is 6.10 Å². The number of hydrogen-bond acceptors (Lipinski definition) is 3. The SMILES string of the molecule is C=Cn1cc(C(C)(C)C(OC)C(=O)O)cn1. The fraction of sp³-hybridized carbons (Fsp3) is 0.455. The molecular weight excluding hydrogens is 208 g/mol. The molecule has 0 amide bonds. The van der Waals surface area contributed by atoms with E-state index in [4.69, 9.17) is 9.84 Å². The van der Waals surface area contributed by atoms with Crippen LogP contribution < -0.4 is 0 Å². The van der Waals surface area contributed by atoms with Gasteiger partial charge in [0.05, 0.1) is 6.20 Å². The van der Waals surface area contributed by atoms with Gasteiger partial charge in [-0.3, -0.25) is 0 Å². The van der Waals surface area contributed by atoms with Crippen LogP contribution in [0.25, 0.3) is 6.20 Å². The highest BCUT2D eigenvalue weighted by Gasteiger charge is 2.37. The summed E-state index contributed by atoms with van der Waals surface area (Å²) in [5.74, 6) is -0.987. The van der Waals surface area contributed by atoms with Crippen molar-refractivity contribution in [1.82, 2.24) is 9.78 Å². The first-order chi connectivity index (χ1) is 7.43. The fourth-order valence-electron chi connectivity index (χ4n) is 1.63. The summed E-state index contributed by atoms with van der Waals surface area (Å²) >= 11 is 0. The average Bonchev–Trinajstić information content (AvgIpc) is 2.66. The Balaban J connectivity index is 3.07. The maximum Gasteiger partial charge on any atom is 0.333 e. The zero-order valence-corrected chi connectivity index (χ0v) is 9.67. The number of aliphatic carboxylic acids is 1. The van der Waals surface area contributed by atoms with E-state index >= 15 is 0 Å². The van der Waals surface area contributed by atoms with Crippen LogP contribution >= 0.6 is 0 Å². The molecule has 1 heterocycles. The average molecular weight is 224 g/mol. The van der Waals surface area contributed by atoms with Crippen LogP contribution in [0.4, 0.5) is 0 Å². The van der Waals surface area contributed by atoms with Gasteiger partial charge in [0, 0.05) is 24.9 Å². The number of rotatable bonds is 5. The molecule has 0 aromatic carbocycles. The van der Waals surface area contributed by atoms with Crippen molar-refractivity contribution in [3.05, 3.63) is 24.5 Å². The zero-order chi connectivity index (χ0) is 12.3. The number of nitrogens with zero attached hydrogens (tertiary/aromatic N) is 2. The van der Waals surface area contributed by atoms with Crippen molar-refractivity contribution in [3.63, 3.8) is 0 Å². The topological polar surface area (TPSA) is 64.3 Å². The van der Waals surface area contributed by atoms with E-state index in [1.54, 1.807) is 32.4 Å². The summed E-state index contributed by atoms with van der Waals surface area (Å²) in [5.41, 5.74) is 0.142. The molecule has 0 spiro atoms. The van der Waals surface area contributed by atoms with Crippen LogP contribution in [0.5, 0.6) is 0 Å². The maximum absolute atomic E-state index is 11.1. The van der Waals surface area contributed by atoms with Crippen molar-refractivity contribution in [2.24, 2.45) is 0 Å². The van der Waals surface area contributed by atoms with Crippen LogP contribution in [0.3, 0.4) is 0 Å². The van der Waals surface area contributed by atoms with Gasteiger partial charge in [-0.25, -0.2) is 9.48 Å². The third kappa shape index (κ3) is 2.14. The van der Waals surface area contributed by atoms with Crippen molar-refractivity contribution in [3.8, 4) is 0 Å². The van der Waals surface area contributed by atoms with Crippen LogP contribution in [0.2, 0.25) is 0 Å².